The molecule has 1 aliphatic carbocycles. The fraction of sp³-hybridized carbons (Fsp3) is 0.458. The highest BCUT2D eigenvalue weighted by molar-refractivity contribution is 5.89. The van der Waals surface area contributed by atoms with Crippen molar-refractivity contribution in [3.63, 3.8) is 0 Å². The SMILES string of the molecule is O=C1C(O)C[C@H]2N1C21CCCC1c1ccc(F)cc1.OCc1cc(C(F)(F)F)cc(C(F)(F)F)c1. The zero-order valence-electron chi connectivity index (χ0n) is 18.2. The van der Waals surface area contributed by atoms with Gasteiger partial charge in [-0.2, -0.15) is 26.3 Å². The van der Waals surface area contributed by atoms with Gasteiger partial charge >= 0.3 is 12.4 Å². The summed E-state index contributed by atoms with van der Waals surface area (Å²) in [7, 11) is 0. The Morgan fingerprint density at radius 2 is 1.54 bits per heavy atom. The second-order valence-corrected chi connectivity index (χ2v) is 9.04. The van der Waals surface area contributed by atoms with E-state index in [2.05, 4.69) is 0 Å². The fourth-order valence-corrected chi connectivity index (χ4v) is 5.51. The van der Waals surface area contributed by atoms with E-state index in [1.165, 1.54) is 12.1 Å². The number of fused-ring (bicyclic) bond motifs is 3. The van der Waals surface area contributed by atoms with Crippen LogP contribution in [0.15, 0.2) is 42.5 Å². The van der Waals surface area contributed by atoms with Gasteiger partial charge in [0.25, 0.3) is 5.91 Å². The van der Waals surface area contributed by atoms with Gasteiger partial charge in [-0.15, -0.1) is 0 Å². The number of rotatable bonds is 2. The summed E-state index contributed by atoms with van der Waals surface area (Å²) in [5.74, 6) is -0.0350. The highest BCUT2D eigenvalue weighted by atomic mass is 19.4. The summed E-state index contributed by atoms with van der Waals surface area (Å²) in [6, 6.07) is 7.83. The molecule has 3 fully saturated rings. The van der Waals surface area contributed by atoms with Gasteiger partial charge in [-0.05, 0) is 54.3 Å². The zero-order valence-corrected chi connectivity index (χ0v) is 18.2. The van der Waals surface area contributed by atoms with Gasteiger partial charge in [0.05, 0.1) is 29.3 Å². The van der Waals surface area contributed by atoms with Crippen molar-refractivity contribution in [1.82, 2.24) is 4.90 Å². The number of alkyl halides is 6. The molecule has 11 heteroatoms. The quantitative estimate of drug-likeness (QED) is 0.445. The van der Waals surface area contributed by atoms with E-state index in [-0.39, 0.29) is 29.4 Å². The summed E-state index contributed by atoms with van der Waals surface area (Å²) in [6.07, 6.45) is -6.82. The van der Waals surface area contributed by atoms with Crippen LogP contribution in [-0.4, -0.2) is 38.7 Å². The third-order valence-corrected chi connectivity index (χ3v) is 7.01. The molecule has 1 amide bonds. The van der Waals surface area contributed by atoms with Crippen molar-refractivity contribution >= 4 is 5.91 Å². The van der Waals surface area contributed by atoms with E-state index in [0.717, 1.165) is 24.8 Å². The first-order valence-electron chi connectivity index (χ1n) is 10.9. The lowest BCUT2D eigenvalue weighted by Gasteiger charge is -2.23. The molecule has 1 spiro atoms. The lowest BCUT2D eigenvalue weighted by Crippen LogP contribution is -2.34. The van der Waals surface area contributed by atoms with E-state index in [9.17, 15) is 40.6 Å². The van der Waals surface area contributed by atoms with Crippen molar-refractivity contribution in [3.05, 3.63) is 70.5 Å². The molecule has 3 aliphatic rings. The molecule has 5 rings (SSSR count). The Kier molecular flexibility index (Phi) is 6.38. The third-order valence-electron chi connectivity index (χ3n) is 7.01. The molecular weight excluding hydrogens is 483 g/mol. The normalized spacial score (nSPS) is 27.6. The molecule has 2 aliphatic heterocycles. The number of piperidine rings is 1. The second-order valence-electron chi connectivity index (χ2n) is 9.04. The van der Waals surface area contributed by atoms with Crippen molar-refractivity contribution in [2.45, 2.75) is 68.2 Å². The van der Waals surface area contributed by atoms with Gasteiger partial charge in [0.1, 0.15) is 11.9 Å². The van der Waals surface area contributed by atoms with Gasteiger partial charge in [-0.25, -0.2) is 4.39 Å². The molecule has 4 atom stereocenters. The van der Waals surface area contributed by atoms with Gasteiger partial charge < -0.3 is 15.1 Å². The molecule has 1 saturated carbocycles. The number of aliphatic hydroxyl groups excluding tert-OH is 2. The van der Waals surface area contributed by atoms with Crippen LogP contribution in [0.25, 0.3) is 0 Å². The Bertz CT molecular complexity index is 1070. The van der Waals surface area contributed by atoms with E-state index < -0.39 is 41.8 Å². The molecule has 2 N–H and O–H groups in total. The van der Waals surface area contributed by atoms with E-state index in [4.69, 9.17) is 5.11 Å². The number of carbonyl (C=O) groups excluding carboxylic acids is 1. The highest BCUT2D eigenvalue weighted by Crippen LogP contribution is 2.63. The maximum atomic E-state index is 13.0. The molecule has 2 heterocycles. The molecule has 2 aromatic carbocycles. The number of aliphatic hydroxyl groups is 2. The number of carbonyl (C=O) groups is 1. The molecule has 0 bridgehead atoms. The lowest BCUT2D eigenvalue weighted by atomic mass is 9.83. The average molecular weight is 505 g/mol. The van der Waals surface area contributed by atoms with Crippen LogP contribution in [0.3, 0.4) is 0 Å². The monoisotopic (exact) mass is 505 g/mol. The van der Waals surface area contributed by atoms with E-state index >= 15 is 0 Å². The molecule has 3 unspecified atom stereocenters. The van der Waals surface area contributed by atoms with Crippen molar-refractivity contribution in [3.8, 4) is 0 Å². The van der Waals surface area contributed by atoms with Crippen LogP contribution >= 0.6 is 0 Å². The molecule has 0 radical (unpaired) electrons. The molecule has 4 nitrogen and oxygen atoms in total. The maximum absolute atomic E-state index is 13.0. The van der Waals surface area contributed by atoms with E-state index in [1.807, 2.05) is 17.0 Å². The zero-order chi connectivity index (χ0) is 25.8. The summed E-state index contributed by atoms with van der Waals surface area (Å²) in [5.41, 5.74) is -2.23. The van der Waals surface area contributed by atoms with Crippen LogP contribution in [0.4, 0.5) is 30.7 Å². The first kappa shape index (κ1) is 25.4. The first-order chi connectivity index (χ1) is 16.3. The van der Waals surface area contributed by atoms with Crippen LogP contribution in [-0.2, 0) is 23.8 Å². The Balaban J connectivity index is 0.000000168. The Hall–Kier alpha value is -2.66. The molecule has 2 saturated heterocycles. The first-order valence-corrected chi connectivity index (χ1v) is 10.9. The van der Waals surface area contributed by atoms with Crippen molar-refractivity contribution in [2.24, 2.45) is 0 Å². The van der Waals surface area contributed by atoms with Crippen LogP contribution < -0.4 is 0 Å². The third kappa shape index (κ3) is 4.63. The minimum absolute atomic E-state index is 0.0131. The summed E-state index contributed by atoms with van der Waals surface area (Å²) in [5, 5.41) is 18.2. The van der Waals surface area contributed by atoms with Gasteiger partial charge in [0, 0.05) is 12.3 Å². The minimum Gasteiger partial charge on any atom is -0.392 e. The Morgan fingerprint density at radius 1 is 0.971 bits per heavy atom. The topological polar surface area (TPSA) is 60.5 Å². The number of hydrogen-bond donors (Lipinski definition) is 2. The largest absolute Gasteiger partial charge is 0.416 e. The fourth-order valence-electron chi connectivity index (χ4n) is 5.51. The molecule has 0 aromatic heterocycles. The standard InChI is InChI=1S/C15H16FNO2.C9H6F6O/c16-10-5-3-9(4-6-10)11-2-1-7-15(11)13-8-12(18)14(19)17(13)15;10-8(11,12)6-1-5(4-16)2-7(3-6)9(13,14)15/h3-6,11-13,18H,1-2,7-8H2;1-3,16H,4H2/t11?,12?,13-,15?,17?;/m1./s1. The van der Waals surface area contributed by atoms with E-state index in [1.54, 1.807) is 0 Å². The van der Waals surface area contributed by atoms with Gasteiger partial charge in [0.15, 0.2) is 0 Å². The smallest absolute Gasteiger partial charge is 0.392 e. The summed E-state index contributed by atoms with van der Waals surface area (Å²) >= 11 is 0. The molecule has 2 aromatic rings. The van der Waals surface area contributed by atoms with E-state index in [0.29, 0.717) is 24.5 Å². The highest BCUT2D eigenvalue weighted by Gasteiger charge is 2.74. The van der Waals surface area contributed by atoms with Crippen LogP contribution in [0, 0.1) is 5.82 Å². The molecule has 35 heavy (non-hydrogen) atoms. The number of benzene rings is 2. The maximum Gasteiger partial charge on any atom is 0.416 e. The predicted octanol–water partition coefficient (Wildman–Crippen LogP) is 5.02. The van der Waals surface area contributed by atoms with Crippen LogP contribution in [0.2, 0.25) is 0 Å². The number of amides is 1. The second kappa shape index (κ2) is 8.77. The average Bonchev–Trinajstić information content (AvgIpc) is 3.03. The number of nitrogens with zero attached hydrogens (tertiary/aromatic N) is 1. The van der Waals surface area contributed by atoms with Crippen molar-refractivity contribution < 1.29 is 45.7 Å². The Morgan fingerprint density at radius 3 is 2.00 bits per heavy atom. The predicted molar refractivity (Wildman–Crippen MR) is 109 cm³/mol. The van der Waals surface area contributed by atoms with Crippen molar-refractivity contribution in [2.75, 3.05) is 0 Å². The summed E-state index contributed by atoms with van der Waals surface area (Å²) in [4.78, 5) is 13.8. The number of hydrogen-bond acceptors (Lipinski definition) is 3. The lowest BCUT2D eigenvalue weighted by molar-refractivity contribution is -0.143. The molecule has 190 valence electrons. The summed E-state index contributed by atoms with van der Waals surface area (Å²) in [6.45, 7) is -0.882. The van der Waals surface area contributed by atoms with Crippen LogP contribution in [0.5, 0.6) is 0 Å². The molecular formula is C24H22F7NO3. The van der Waals surface area contributed by atoms with Gasteiger partial charge in [0.2, 0.25) is 0 Å². The Labute approximate surface area is 196 Å². The summed E-state index contributed by atoms with van der Waals surface area (Å²) < 4.78 is 86.4. The number of halogens is 7. The van der Waals surface area contributed by atoms with Crippen molar-refractivity contribution in [1.29, 1.82) is 0 Å². The van der Waals surface area contributed by atoms with Gasteiger partial charge in [-0.1, -0.05) is 18.6 Å². The van der Waals surface area contributed by atoms with Gasteiger partial charge in [-0.3, -0.25) is 4.79 Å². The van der Waals surface area contributed by atoms with Crippen LogP contribution in [0.1, 0.15) is 53.9 Å². The minimum atomic E-state index is -4.87.